The summed E-state index contributed by atoms with van der Waals surface area (Å²) in [5.41, 5.74) is 2.91. The third-order valence-corrected chi connectivity index (χ3v) is 6.47. The minimum absolute atomic E-state index is 0. The van der Waals surface area contributed by atoms with Gasteiger partial charge in [-0.3, -0.25) is 9.36 Å². The van der Waals surface area contributed by atoms with Crippen LogP contribution in [0.4, 0.5) is 23.0 Å². The van der Waals surface area contributed by atoms with E-state index in [4.69, 9.17) is 16.3 Å². The lowest BCUT2D eigenvalue weighted by atomic mass is 10.2. The quantitative estimate of drug-likeness (QED) is 0.268. The number of anilines is 4. The van der Waals surface area contributed by atoms with Crippen LogP contribution in [0.15, 0.2) is 60.0 Å². The van der Waals surface area contributed by atoms with Crippen LogP contribution >= 0.6 is 24.0 Å². The molecule has 0 bridgehead atoms. The highest BCUT2D eigenvalue weighted by Gasteiger charge is 2.19. The SMILES string of the molecule is C=CC(=O)Nc1cc(Nc2ncc(Cl)c(-n3c(=O)n(C)c4ccccc43)n2)c(OC)cc1N(C)CCN(C)C.Cl. The van der Waals surface area contributed by atoms with Crippen molar-refractivity contribution in [3.63, 3.8) is 0 Å². The van der Waals surface area contributed by atoms with Crippen LogP contribution in [0.5, 0.6) is 5.75 Å². The number of amides is 1. The van der Waals surface area contributed by atoms with Gasteiger partial charge in [0.1, 0.15) is 10.8 Å². The van der Waals surface area contributed by atoms with E-state index in [2.05, 4.69) is 32.1 Å². The molecule has 2 aromatic carbocycles. The van der Waals surface area contributed by atoms with Gasteiger partial charge < -0.3 is 25.2 Å². The van der Waals surface area contributed by atoms with Gasteiger partial charge in [-0.25, -0.2) is 14.3 Å². The van der Waals surface area contributed by atoms with Crippen LogP contribution in [0.25, 0.3) is 16.9 Å². The van der Waals surface area contributed by atoms with Crippen molar-refractivity contribution < 1.29 is 9.53 Å². The zero-order valence-electron chi connectivity index (χ0n) is 22.9. The number of aromatic nitrogens is 4. The second-order valence-electron chi connectivity index (χ2n) is 9.14. The summed E-state index contributed by atoms with van der Waals surface area (Å²) in [6.45, 7) is 5.08. The van der Waals surface area contributed by atoms with Crippen LogP contribution < -0.4 is 26.0 Å². The molecule has 1 amide bonds. The molecule has 212 valence electrons. The van der Waals surface area contributed by atoms with Crippen LogP contribution in [-0.4, -0.2) is 71.3 Å². The molecule has 0 unspecified atom stereocenters. The van der Waals surface area contributed by atoms with Gasteiger partial charge in [-0.05, 0) is 38.4 Å². The Hall–Kier alpha value is -4.06. The van der Waals surface area contributed by atoms with Gasteiger partial charge in [0.2, 0.25) is 11.9 Å². The number of rotatable bonds is 10. The number of benzene rings is 2. The summed E-state index contributed by atoms with van der Waals surface area (Å²) in [6, 6.07) is 10.9. The predicted molar refractivity (Wildman–Crippen MR) is 163 cm³/mol. The molecule has 0 atom stereocenters. The Balaban J connectivity index is 0.00000441. The van der Waals surface area contributed by atoms with E-state index in [0.29, 0.717) is 29.2 Å². The molecule has 2 aromatic heterocycles. The Labute approximate surface area is 243 Å². The number of carbonyl (C=O) groups is 1. The Morgan fingerprint density at radius 2 is 1.85 bits per heavy atom. The fraction of sp³-hybridized carbons (Fsp3) is 0.259. The van der Waals surface area contributed by atoms with Gasteiger partial charge in [0.15, 0.2) is 5.82 Å². The number of methoxy groups -OCH3 is 1. The third kappa shape index (κ3) is 6.22. The zero-order chi connectivity index (χ0) is 28.3. The molecule has 0 aliphatic heterocycles. The van der Waals surface area contributed by atoms with Crippen molar-refractivity contribution >= 4 is 64.0 Å². The fourth-order valence-corrected chi connectivity index (χ4v) is 4.27. The normalized spacial score (nSPS) is 10.8. The molecular formula is C27H32Cl2N8O3. The number of likely N-dealkylation sites (N-methyl/N-ethyl adjacent to an activating group) is 2. The van der Waals surface area contributed by atoms with Crippen LogP contribution in [0.1, 0.15) is 0 Å². The number of nitrogens with zero attached hydrogens (tertiary/aromatic N) is 6. The molecule has 0 spiro atoms. The molecule has 0 aliphatic rings. The lowest BCUT2D eigenvalue weighted by Crippen LogP contribution is -2.29. The first-order valence-electron chi connectivity index (χ1n) is 12.1. The number of imidazole rings is 1. The summed E-state index contributed by atoms with van der Waals surface area (Å²) >= 11 is 6.47. The van der Waals surface area contributed by atoms with E-state index >= 15 is 0 Å². The summed E-state index contributed by atoms with van der Waals surface area (Å²) in [7, 11) is 9.17. The highest BCUT2D eigenvalue weighted by atomic mass is 35.5. The van der Waals surface area contributed by atoms with Gasteiger partial charge in [-0.1, -0.05) is 30.3 Å². The number of aryl methyl sites for hydroxylation is 1. The van der Waals surface area contributed by atoms with Crippen LogP contribution in [-0.2, 0) is 11.8 Å². The number of ether oxygens (including phenoxy) is 1. The molecule has 2 N–H and O–H groups in total. The van der Waals surface area contributed by atoms with Gasteiger partial charge in [0.25, 0.3) is 0 Å². The highest BCUT2D eigenvalue weighted by molar-refractivity contribution is 6.32. The van der Waals surface area contributed by atoms with E-state index in [1.54, 1.807) is 20.2 Å². The van der Waals surface area contributed by atoms with E-state index in [1.807, 2.05) is 56.4 Å². The Kier molecular flexibility index (Phi) is 9.80. The summed E-state index contributed by atoms with van der Waals surface area (Å²) in [6.07, 6.45) is 2.63. The van der Waals surface area contributed by atoms with E-state index in [9.17, 15) is 9.59 Å². The molecule has 4 aromatic rings. The minimum atomic E-state index is -0.353. The first kappa shape index (κ1) is 30.5. The zero-order valence-corrected chi connectivity index (χ0v) is 24.5. The lowest BCUT2D eigenvalue weighted by molar-refractivity contribution is -0.111. The molecule has 11 nitrogen and oxygen atoms in total. The molecule has 0 radical (unpaired) electrons. The second kappa shape index (κ2) is 12.9. The highest BCUT2D eigenvalue weighted by Crippen LogP contribution is 2.38. The molecule has 40 heavy (non-hydrogen) atoms. The number of hydrogen-bond acceptors (Lipinski definition) is 8. The minimum Gasteiger partial charge on any atom is -0.494 e. The number of fused-ring (bicyclic) bond motifs is 1. The molecule has 4 rings (SSSR count). The maximum absolute atomic E-state index is 13.1. The predicted octanol–water partition coefficient (Wildman–Crippen LogP) is 4.07. The standard InChI is InChI=1S/C27H31ClN8O3.ClH/c1-7-24(37)30-18-14-19(23(39-6)15-22(18)34(4)13-12-33(2)3)31-26-29-16-17(28)25(32-26)36-21-11-9-8-10-20(21)35(5)27(36)38;/h7-11,14-16H,1,12-13H2,2-6H3,(H,30,37)(H,29,31,32);1H. The molecule has 0 fully saturated rings. The number of nitrogens with one attached hydrogen (secondary N) is 2. The topological polar surface area (TPSA) is 110 Å². The molecule has 0 aliphatic carbocycles. The van der Waals surface area contributed by atoms with Crippen molar-refractivity contribution in [2.45, 2.75) is 0 Å². The first-order valence-corrected chi connectivity index (χ1v) is 12.5. The Morgan fingerprint density at radius 3 is 2.50 bits per heavy atom. The van der Waals surface area contributed by atoms with Crippen LogP contribution in [0, 0.1) is 0 Å². The third-order valence-electron chi connectivity index (χ3n) is 6.20. The van der Waals surface area contributed by atoms with Crippen LogP contribution in [0.3, 0.4) is 0 Å². The summed E-state index contributed by atoms with van der Waals surface area (Å²) in [4.78, 5) is 38.3. The summed E-state index contributed by atoms with van der Waals surface area (Å²) < 4.78 is 8.64. The monoisotopic (exact) mass is 586 g/mol. The van der Waals surface area contributed by atoms with Gasteiger partial charge in [-0.2, -0.15) is 4.98 Å². The Bertz CT molecular complexity index is 1600. The summed E-state index contributed by atoms with van der Waals surface area (Å²) in [5, 5.41) is 6.23. The fourth-order valence-electron chi connectivity index (χ4n) is 4.10. The molecule has 0 saturated heterocycles. The van der Waals surface area contributed by atoms with E-state index in [-0.39, 0.29) is 40.8 Å². The van der Waals surface area contributed by atoms with E-state index in [1.165, 1.54) is 21.4 Å². The van der Waals surface area contributed by atoms with Crippen molar-refractivity contribution in [3.8, 4) is 11.6 Å². The maximum atomic E-state index is 13.1. The molecule has 0 saturated carbocycles. The van der Waals surface area contributed by atoms with Crippen LogP contribution in [0.2, 0.25) is 5.02 Å². The summed E-state index contributed by atoms with van der Waals surface area (Å²) in [5.74, 6) is 0.562. The molecule has 13 heteroatoms. The van der Waals surface area contributed by atoms with Gasteiger partial charge in [0.05, 0.1) is 41.4 Å². The Morgan fingerprint density at radius 1 is 1.15 bits per heavy atom. The van der Waals surface area contributed by atoms with E-state index < -0.39 is 0 Å². The number of halogens is 2. The van der Waals surface area contributed by atoms with Crippen molar-refractivity contribution in [2.75, 3.05) is 56.9 Å². The largest absolute Gasteiger partial charge is 0.494 e. The average Bonchev–Trinajstić information content (AvgIpc) is 3.18. The van der Waals surface area contributed by atoms with Crippen molar-refractivity contribution in [2.24, 2.45) is 7.05 Å². The molecular weight excluding hydrogens is 555 g/mol. The number of para-hydroxylation sites is 2. The first-order chi connectivity index (χ1) is 18.6. The van der Waals surface area contributed by atoms with Gasteiger partial charge >= 0.3 is 5.69 Å². The number of carbonyl (C=O) groups excluding carboxylic acids is 1. The lowest BCUT2D eigenvalue weighted by Gasteiger charge is -2.26. The second-order valence-corrected chi connectivity index (χ2v) is 9.55. The average molecular weight is 588 g/mol. The smallest absolute Gasteiger partial charge is 0.334 e. The van der Waals surface area contributed by atoms with E-state index in [0.717, 1.165) is 17.7 Å². The maximum Gasteiger partial charge on any atom is 0.334 e. The number of hydrogen-bond donors (Lipinski definition) is 2. The van der Waals surface area contributed by atoms with Crippen molar-refractivity contribution in [1.82, 2.24) is 24.0 Å². The molecule has 2 heterocycles. The van der Waals surface area contributed by atoms with Crippen molar-refractivity contribution in [1.29, 1.82) is 0 Å². The van der Waals surface area contributed by atoms with Gasteiger partial charge in [-0.15, -0.1) is 12.4 Å². The van der Waals surface area contributed by atoms with Crippen molar-refractivity contribution in [3.05, 3.63) is 70.8 Å². The van der Waals surface area contributed by atoms with Gasteiger partial charge in [0, 0.05) is 33.3 Å².